The fourth-order valence-electron chi connectivity index (χ4n) is 13.8. The summed E-state index contributed by atoms with van der Waals surface area (Å²) >= 11 is 0. The van der Waals surface area contributed by atoms with Gasteiger partial charge in [-0.15, -0.1) is 0 Å². The van der Waals surface area contributed by atoms with E-state index in [1.165, 1.54) is 66.8 Å². The maximum Gasteiger partial charge on any atom is 0.164 e. The molecule has 430 valence electrons. The summed E-state index contributed by atoms with van der Waals surface area (Å²) in [5, 5.41) is 15.5. The van der Waals surface area contributed by atoms with E-state index in [1.807, 2.05) is 66.7 Å². The molecule has 0 bridgehead atoms. The molecule has 15 rings (SSSR count). The van der Waals surface area contributed by atoms with Crippen molar-refractivity contribution in [1.29, 1.82) is 5.26 Å². The number of fused-ring (bicyclic) bond motifs is 6. The lowest BCUT2D eigenvalue weighted by molar-refractivity contribution is 1.07. The molecule has 0 aliphatic heterocycles. The minimum absolute atomic E-state index is 0.541. The van der Waals surface area contributed by atoms with Crippen molar-refractivity contribution < 1.29 is 0 Å². The maximum absolute atomic E-state index is 11.0. The minimum Gasteiger partial charge on any atom is -0.309 e. The van der Waals surface area contributed by atoms with Crippen LogP contribution in [-0.2, 0) is 0 Å². The van der Waals surface area contributed by atoms with Crippen molar-refractivity contribution >= 4 is 43.6 Å². The molecule has 0 atom stereocenters. The molecule has 0 saturated heterocycles. The first kappa shape index (κ1) is 55.3. The highest BCUT2D eigenvalue weighted by atomic mass is 15.0. The number of hydrogen-bond acceptors (Lipinski definition) is 4. The van der Waals surface area contributed by atoms with Crippen LogP contribution in [0.2, 0.25) is 0 Å². The average molecular weight is 1160 g/mol. The Morgan fingerprint density at radius 1 is 0.267 bits per heavy atom. The zero-order chi connectivity index (χ0) is 61.5. The molecule has 0 N–H and O–H groups in total. The second-order valence-electron chi connectivity index (χ2n) is 24.5. The summed E-state index contributed by atoms with van der Waals surface area (Å²) in [7, 11) is 0. The van der Waals surface area contributed by atoms with Gasteiger partial charge in [0, 0.05) is 49.4 Å². The van der Waals surface area contributed by atoms with Crippen molar-refractivity contribution in [2.24, 2.45) is 0 Å². The molecule has 0 unspecified atom stereocenters. The van der Waals surface area contributed by atoms with Gasteiger partial charge in [-0.3, -0.25) is 0 Å². The number of aryl methyl sites for hydroxylation is 8. The Bertz CT molecular complexity index is 5190. The van der Waals surface area contributed by atoms with Crippen molar-refractivity contribution in [2.45, 2.75) is 55.4 Å². The van der Waals surface area contributed by atoms with Crippen molar-refractivity contribution in [3.05, 3.63) is 293 Å². The molecule has 12 aromatic carbocycles. The Morgan fingerprint density at radius 3 is 0.956 bits per heavy atom. The first-order valence-electron chi connectivity index (χ1n) is 30.9. The van der Waals surface area contributed by atoms with Gasteiger partial charge in [-0.05, 0) is 201 Å². The fourth-order valence-corrected chi connectivity index (χ4v) is 13.8. The van der Waals surface area contributed by atoms with E-state index in [0.717, 1.165) is 105 Å². The number of benzene rings is 12. The van der Waals surface area contributed by atoms with Gasteiger partial charge in [0.05, 0.1) is 45.1 Å². The molecule has 15 aromatic rings. The molecule has 3 heterocycles. The van der Waals surface area contributed by atoms with Crippen LogP contribution in [-0.4, -0.2) is 24.1 Å². The molecular weight excluding hydrogens is 1090 g/mol. The van der Waals surface area contributed by atoms with Crippen LogP contribution in [0.15, 0.2) is 243 Å². The normalized spacial score (nSPS) is 11.5. The van der Waals surface area contributed by atoms with Gasteiger partial charge in [0.25, 0.3) is 0 Å². The lowest BCUT2D eigenvalue weighted by Gasteiger charge is -2.20. The van der Waals surface area contributed by atoms with E-state index in [0.29, 0.717) is 23.0 Å². The Labute approximate surface area is 525 Å². The topological polar surface area (TPSA) is 72.3 Å². The summed E-state index contributed by atoms with van der Waals surface area (Å²) < 4.78 is 4.83. The monoisotopic (exact) mass is 1160 g/mol. The molecule has 0 saturated carbocycles. The van der Waals surface area contributed by atoms with Gasteiger partial charge in [0.15, 0.2) is 17.5 Å². The third-order valence-corrected chi connectivity index (χ3v) is 18.2. The molecule has 0 fully saturated rings. The average Bonchev–Trinajstić information content (AvgIpc) is 1.59. The van der Waals surface area contributed by atoms with E-state index in [1.54, 1.807) is 0 Å². The van der Waals surface area contributed by atoms with Gasteiger partial charge < -0.3 is 9.13 Å². The van der Waals surface area contributed by atoms with E-state index in [9.17, 15) is 5.26 Å². The molecule has 0 amide bonds. The minimum atomic E-state index is 0.541. The van der Waals surface area contributed by atoms with E-state index >= 15 is 0 Å². The highest BCUT2D eigenvalue weighted by molar-refractivity contribution is 6.14. The quantitative estimate of drug-likeness (QED) is 0.137. The van der Waals surface area contributed by atoms with E-state index in [4.69, 9.17) is 15.0 Å². The summed E-state index contributed by atoms with van der Waals surface area (Å²) in [4.78, 5) is 15.8. The van der Waals surface area contributed by atoms with Crippen molar-refractivity contribution in [2.75, 3.05) is 0 Å². The van der Waals surface area contributed by atoms with Crippen LogP contribution in [0.1, 0.15) is 50.1 Å². The predicted octanol–water partition coefficient (Wildman–Crippen LogP) is 21.7. The van der Waals surface area contributed by atoms with Crippen LogP contribution in [0.25, 0.3) is 145 Å². The zero-order valence-corrected chi connectivity index (χ0v) is 51.8. The van der Waals surface area contributed by atoms with Crippen molar-refractivity contribution in [3.8, 4) is 107 Å². The highest BCUT2D eigenvalue weighted by Gasteiger charge is 2.25. The van der Waals surface area contributed by atoms with Gasteiger partial charge in [0.1, 0.15) is 0 Å². The third kappa shape index (κ3) is 9.73. The summed E-state index contributed by atoms with van der Waals surface area (Å²) in [5.74, 6) is 1.70. The summed E-state index contributed by atoms with van der Waals surface area (Å²) in [6.45, 7) is 17.4. The second-order valence-corrected chi connectivity index (χ2v) is 24.5. The SMILES string of the molecule is Cc1ccc(-c2ccc3c(c2)c2cc(-c4ccc(C)cc4C)ccc2n3-c2ccc(-c3nc(-c4ccccc4)nc(-c4ccccc4)n3)cc2-c2ccc(C#N)cc2-n2c3ccc(-c4ccc(C)cc4C)cc3c3cc(-c4ccc(C)cc4C)ccc32)c(C)c1. The summed E-state index contributed by atoms with van der Waals surface area (Å²) in [6.07, 6.45) is 0. The van der Waals surface area contributed by atoms with Crippen LogP contribution in [0.4, 0.5) is 0 Å². The van der Waals surface area contributed by atoms with Gasteiger partial charge in [-0.1, -0.05) is 186 Å². The molecule has 0 aliphatic rings. The summed E-state index contributed by atoms with van der Waals surface area (Å²) in [6, 6.07) is 90.3. The van der Waals surface area contributed by atoms with Crippen molar-refractivity contribution in [3.63, 3.8) is 0 Å². The Morgan fingerprint density at radius 2 is 0.600 bits per heavy atom. The third-order valence-electron chi connectivity index (χ3n) is 18.2. The van der Waals surface area contributed by atoms with Gasteiger partial charge in [-0.2, -0.15) is 5.26 Å². The van der Waals surface area contributed by atoms with Crippen LogP contribution in [0, 0.1) is 66.7 Å². The van der Waals surface area contributed by atoms with Crippen LogP contribution in [0.5, 0.6) is 0 Å². The maximum atomic E-state index is 11.0. The molecule has 6 heteroatoms. The van der Waals surface area contributed by atoms with E-state index < -0.39 is 0 Å². The second kappa shape index (κ2) is 22.2. The Hall–Kier alpha value is -11.3. The Balaban J connectivity index is 1.04. The molecule has 90 heavy (non-hydrogen) atoms. The van der Waals surface area contributed by atoms with Gasteiger partial charge in [0.2, 0.25) is 0 Å². The number of nitriles is 1. The smallest absolute Gasteiger partial charge is 0.164 e. The standard InChI is InChI=1S/C84H64N6/c1-50-19-29-66(54(5)39-50)61-24-34-77-72(44-61)73-45-62(67-30-20-51(2)40-55(67)6)25-35-78(73)89(77)76-38-28-65(84-87-82(59-15-11-9-12-16-59)86-83(88-84)60-17-13-10-14-18-60)48-71(76)70-33-23-58(49-85)43-81(70)90-79-36-26-63(68-31-21-52(3)41-56(68)7)46-74(79)75-47-64(27-37-80(75)90)69-32-22-53(4)42-57(69)8/h9-48H,1-8H3. The molecule has 6 nitrogen and oxygen atoms in total. The van der Waals surface area contributed by atoms with E-state index in [2.05, 4.69) is 247 Å². The zero-order valence-electron chi connectivity index (χ0n) is 51.8. The van der Waals surface area contributed by atoms with Gasteiger partial charge in [-0.25, -0.2) is 15.0 Å². The first-order chi connectivity index (χ1) is 43.8. The lowest BCUT2D eigenvalue weighted by Crippen LogP contribution is -2.04. The predicted molar refractivity (Wildman–Crippen MR) is 375 cm³/mol. The number of rotatable bonds is 10. The van der Waals surface area contributed by atoms with Gasteiger partial charge >= 0.3 is 0 Å². The summed E-state index contributed by atoms with van der Waals surface area (Å²) in [5.41, 5.74) is 30.3. The fraction of sp³-hybridized carbons (Fsp3) is 0.0952. The molecular formula is C84H64N6. The van der Waals surface area contributed by atoms with E-state index in [-0.39, 0.29) is 0 Å². The molecule has 3 aromatic heterocycles. The first-order valence-corrected chi connectivity index (χ1v) is 30.9. The number of aromatic nitrogens is 5. The largest absolute Gasteiger partial charge is 0.309 e. The Kier molecular flexibility index (Phi) is 13.6. The molecule has 0 spiro atoms. The molecule has 0 aliphatic carbocycles. The highest BCUT2D eigenvalue weighted by Crippen LogP contribution is 2.46. The van der Waals surface area contributed by atoms with Crippen LogP contribution < -0.4 is 0 Å². The number of hydrogen-bond donors (Lipinski definition) is 0. The molecule has 0 radical (unpaired) electrons. The lowest BCUT2D eigenvalue weighted by atomic mass is 9.95. The van der Waals surface area contributed by atoms with Crippen LogP contribution in [0.3, 0.4) is 0 Å². The van der Waals surface area contributed by atoms with Crippen LogP contribution >= 0.6 is 0 Å². The number of nitrogens with zero attached hydrogens (tertiary/aromatic N) is 6. The van der Waals surface area contributed by atoms with Crippen molar-refractivity contribution in [1.82, 2.24) is 24.1 Å².